The molecule has 0 radical (unpaired) electrons. The molecule has 0 spiro atoms. The van der Waals surface area contributed by atoms with E-state index in [1.54, 1.807) is 0 Å². The molecule has 126 valence electrons. The van der Waals surface area contributed by atoms with E-state index in [1.165, 1.54) is 20.9 Å². The molecule has 1 aliphatic heterocycles. The van der Waals surface area contributed by atoms with Gasteiger partial charge in [-0.25, -0.2) is 0 Å². The average molecular weight is 334 g/mol. The van der Waals surface area contributed by atoms with Crippen molar-refractivity contribution in [1.82, 2.24) is 10.2 Å². The number of aryl methyl sites for hydroxylation is 2. The minimum Gasteiger partial charge on any atom is -0.316 e. The number of nitrogens with one attached hydrogen (secondary N) is 1. The van der Waals surface area contributed by atoms with Gasteiger partial charge in [-0.1, -0.05) is 31.5 Å². The minimum absolute atomic E-state index is 0.0502. The van der Waals surface area contributed by atoms with Crippen LogP contribution in [0.4, 0.5) is 0 Å². The molecule has 0 saturated carbocycles. The zero-order valence-corrected chi connectivity index (χ0v) is 15.3. The van der Waals surface area contributed by atoms with E-state index in [0.29, 0.717) is 24.6 Å². The molecule has 1 aromatic carbocycles. The van der Waals surface area contributed by atoms with Crippen molar-refractivity contribution in [3.8, 4) is 0 Å². The lowest BCUT2D eigenvalue weighted by molar-refractivity contribution is -0.139. The van der Waals surface area contributed by atoms with Crippen LogP contribution in [0.5, 0.6) is 0 Å². The van der Waals surface area contributed by atoms with Crippen LogP contribution in [0.3, 0.4) is 0 Å². The van der Waals surface area contributed by atoms with Crippen molar-refractivity contribution in [3.63, 3.8) is 0 Å². The van der Waals surface area contributed by atoms with Crippen molar-refractivity contribution in [3.05, 3.63) is 28.8 Å². The maximum atomic E-state index is 11.9. The zero-order valence-electron chi connectivity index (χ0n) is 14.4. The molecule has 0 aromatic heterocycles. The molecular formula is C18H26N2O2S. The molecular weight excluding hydrogens is 308 g/mol. The molecule has 0 bridgehead atoms. The van der Waals surface area contributed by atoms with Crippen molar-refractivity contribution >= 4 is 23.6 Å². The highest BCUT2D eigenvalue weighted by Crippen LogP contribution is 2.32. The van der Waals surface area contributed by atoms with Gasteiger partial charge in [-0.05, 0) is 31.5 Å². The predicted molar refractivity (Wildman–Crippen MR) is 94.6 cm³/mol. The Kier molecular flexibility index (Phi) is 6.25. The Bertz CT molecular complexity index is 585. The van der Waals surface area contributed by atoms with Crippen LogP contribution in [0.25, 0.3) is 0 Å². The van der Waals surface area contributed by atoms with E-state index < -0.39 is 0 Å². The van der Waals surface area contributed by atoms with E-state index in [9.17, 15) is 9.59 Å². The predicted octanol–water partition coefficient (Wildman–Crippen LogP) is 3.04. The molecule has 1 aromatic rings. The Morgan fingerprint density at radius 2 is 1.87 bits per heavy atom. The average Bonchev–Trinajstić information content (AvgIpc) is 2.80. The Labute approximate surface area is 143 Å². The molecule has 1 N–H and O–H groups in total. The van der Waals surface area contributed by atoms with Crippen molar-refractivity contribution in [2.45, 2.75) is 57.2 Å². The first-order chi connectivity index (χ1) is 10.9. The van der Waals surface area contributed by atoms with Crippen LogP contribution in [0, 0.1) is 13.8 Å². The Hall–Kier alpha value is -1.33. The fourth-order valence-electron chi connectivity index (χ4n) is 2.89. The molecule has 5 heteroatoms. The molecule has 4 nitrogen and oxygen atoms in total. The summed E-state index contributed by atoms with van der Waals surface area (Å²) >= 11 is 1.82. The second-order valence-electron chi connectivity index (χ2n) is 6.18. The lowest BCUT2D eigenvalue weighted by atomic mass is 10.1. The first-order valence-electron chi connectivity index (χ1n) is 8.23. The van der Waals surface area contributed by atoms with Crippen LogP contribution in [-0.2, 0) is 16.1 Å². The lowest BCUT2D eigenvalue weighted by Gasteiger charge is -2.21. The summed E-state index contributed by atoms with van der Waals surface area (Å²) in [5, 5.41) is 3.80. The topological polar surface area (TPSA) is 49.4 Å². The van der Waals surface area contributed by atoms with E-state index in [4.69, 9.17) is 0 Å². The molecule has 1 fully saturated rings. The van der Waals surface area contributed by atoms with Gasteiger partial charge in [-0.15, -0.1) is 11.8 Å². The van der Waals surface area contributed by atoms with Gasteiger partial charge in [-0.2, -0.15) is 0 Å². The van der Waals surface area contributed by atoms with E-state index >= 15 is 0 Å². The molecule has 23 heavy (non-hydrogen) atoms. The number of amides is 2. The third kappa shape index (κ3) is 4.58. The van der Waals surface area contributed by atoms with Gasteiger partial charge < -0.3 is 5.32 Å². The molecule has 0 aliphatic carbocycles. The van der Waals surface area contributed by atoms with Gasteiger partial charge >= 0.3 is 0 Å². The van der Waals surface area contributed by atoms with Crippen LogP contribution in [0.15, 0.2) is 17.0 Å². The minimum atomic E-state index is -0.0502. The zero-order chi connectivity index (χ0) is 17.0. The van der Waals surface area contributed by atoms with Crippen LogP contribution in [-0.4, -0.2) is 35.1 Å². The normalized spacial score (nSPS) is 16.3. The van der Waals surface area contributed by atoms with Gasteiger partial charge in [0, 0.05) is 29.5 Å². The maximum absolute atomic E-state index is 11.9. The Balaban J connectivity index is 2.23. The summed E-state index contributed by atoms with van der Waals surface area (Å²) in [7, 11) is 0. The summed E-state index contributed by atoms with van der Waals surface area (Å²) in [5.74, 6) is -0.100. The fraction of sp³-hybridized carbons (Fsp3) is 0.556. The molecule has 2 rings (SSSR count). The number of hydrogen-bond acceptors (Lipinski definition) is 4. The van der Waals surface area contributed by atoms with Crippen LogP contribution in [0.1, 0.15) is 43.4 Å². The highest BCUT2D eigenvalue weighted by atomic mass is 32.2. The number of likely N-dealkylation sites (tertiary alicyclic amines) is 1. The molecule has 1 unspecified atom stereocenters. The quantitative estimate of drug-likeness (QED) is 0.615. The summed E-state index contributed by atoms with van der Waals surface area (Å²) in [6.07, 6.45) is 0.700. The largest absolute Gasteiger partial charge is 0.316 e. The molecule has 1 saturated heterocycles. The standard InChI is InChI=1S/C18H26N2O2S/c1-5-19-10-14(4)23-18-13(3)8-12(2)9-15(18)11-20-16(21)6-7-17(20)22/h8-9,14,19H,5-7,10-11H2,1-4H3. The van der Waals surface area contributed by atoms with Gasteiger partial charge in [0.1, 0.15) is 0 Å². The summed E-state index contributed by atoms with van der Waals surface area (Å²) < 4.78 is 0. The summed E-state index contributed by atoms with van der Waals surface area (Å²) in [5.41, 5.74) is 3.46. The van der Waals surface area contributed by atoms with Gasteiger partial charge in [-0.3, -0.25) is 14.5 Å². The molecule has 2 amide bonds. The van der Waals surface area contributed by atoms with E-state index in [2.05, 4.69) is 45.1 Å². The van der Waals surface area contributed by atoms with Gasteiger partial charge in [0.05, 0.1) is 6.54 Å². The summed E-state index contributed by atoms with van der Waals surface area (Å²) in [6.45, 7) is 10.8. The Morgan fingerprint density at radius 1 is 1.22 bits per heavy atom. The van der Waals surface area contributed by atoms with Gasteiger partial charge in [0.25, 0.3) is 0 Å². The maximum Gasteiger partial charge on any atom is 0.229 e. The van der Waals surface area contributed by atoms with Crippen molar-refractivity contribution in [1.29, 1.82) is 0 Å². The third-order valence-corrected chi connectivity index (χ3v) is 5.37. The van der Waals surface area contributed by atoms with Crippen molar-refractivity contribution in [2.24, 2.45) is 0 Å². The summed E-state index contributed by atoms with van der Waals surface area (Å²) in [6, 6.07) is 4.27. The van der Waals surface area contributed by atoms with E-state index in [0.717, 1.165) is 18.7 Å². The highest BCUT2D eigenvalue weighted by molar-refractivity contribution is 8.00. The molecule has 1 atom stereocenters. The smallest absolute Gasteiger partial charge is 0.229 e. The van der Waals surface area contributed by atoms with Crippen LogP contribution < -0.4 is 5.32 Å². The second-order valence-corrected chi connectivity index (χ2v) is 7.63. The number of rotatable bonds is 7. The van der Waals surface area contributed by atoms with Crippen LogP contribution >= 0.6 is 11.8 Å². The second kappa shape index (κ2) is 7.97. The van der Waals surface area contributed by atoms with Crippen LogP contribution in [0.2, 0.25) is 0 Å². The highest BCUT2D eigenvalue weighted by Gasteiger charge is 2.29. The summed E-state index contributed by atoms with van der Waals surface area (Å²) in [4.78, 5) is 26.5. The third-order valence-electron chi connectivity index (χ3n) is 3.98. The molecule has 1 aliphatic rings. The number of hydrogen-bond donors (Lipinski definition) is 1. The first kappa shape index (κ1) is 18.0. The van der Waals surface area contributed by atoms with Crippen molar-refractivity contribution in [2.75, 3.05) is 13.1 Å². The fourth-order valence-corrected chi connectivity index (χ4v) is 4.01. The monoisotopic (exact) mass is 334 g/mol. The van der Waals surface area contributed by atoms with Crippen molar-refractivity contribution < 1.29 is 9.59 Å². The first-order valence-corrected chi connectivity index (χ1v) is 9.11. The van der Waals surface area contributed by atoms with E-state index in [1.807, 2.05) is 11.8 Å². The van der Waals surface area contributed by atoms with Gasteiger partial charge in [0.15, 0.2) is 0 Å². The number of thioether (sulfide) groups is 1. The Morgan fingerprint density at radius 3 is 2.48 bits per heavy atom. The number of imide groups is 1. The SMILES string of the molecule is CCNCC(C)Sc1c(C)cc(C)cc1CN1C(=O)CCC1=O. The number of benzene rings is 1. The number of carbonyl (C=O) groups is 2. The number of nitrogens with zero attached hydrogens (tertiary/aromatic N) is 1. The molecule has 1 heterocycles. The lowest BCUT2D eigenvalue weighted by Crippen LogP contribution is -2.29. The van der Waals surface area contributed by atoms with Gasteiger partial charge in [0.2, 0.25) is 11.8 Å². The van der Waals surface area contributed by atoms with E-state index in [-0.39, 0.29) is 11.8 Å². The number of carbonyl (C=O) groups excluding carboxylic acids is 2.